The molecule has 0 radical (unpaired) electrons. The van der Waals surface area contributed by atoms with Crippen LogP contribution < -0.4 is 16.4 Å². The van der Waals surface area contributed by atoms with E-state index in [1.807, 2.05) is 0 Å². The molecular formula is C18H25N5O. The summed E-state index contributed by atoms with van der Waals surface area (Å²) in [4.78, 5) is 18.4. The van der Waals surface area contributed by atoms with Crippen molar-refractivity contribution >= 4 is 17.6 Å². The van der Waals surface area contributed by atoms with Gasteiger partial charge in [-0.2, -0.15) is 0 Å². The second-order valence-corrected chi connectivity index (χ2v) is 5.78. The Morgan fingerprint density at radius 3 is 3.12 bits per heavy atom. The van der Waals surface area contributed by atoms with E-state index in [1.54, 1.807) is 24.3 Å². The molecule has 1 heterocycles. The number of carbonyl (C=O) groups is 1. The third-order valence-corrected chi connectivity index (χ3v) is 4.13. The number of anilines is 1. The lowest BCUT2D eigenvalue weighted by Gasteiger charge is -2.23. The lowest BCUT2D eigenvalue weighted by molar-refractivity contribution is -0.114. The van der Waals surface area contributed by atoms with Crippen molar-refractivity contribution in [3.05, 3.63) is 29.8 Å². The molecule has 0 saturated carbocycles. The molecule has 1 amide bonds. The molecule has 0 aromatic heterocycles. The van der Waals surface area contributed by atoms with E-state index in [1.165, 1.54) is 12.8 Å². The van der Waals surface area contributed by atoms with Crippen molar-refractivity contribution in [2.75, 3.05) is 31.5 Å². The van der Waals surface area contributed by atoms with Gasteiger partial charge in [-0.05, 0) is 44.1 Å². The largest absolute Gasteiger partial charge is 0.370 e. The van der Waals surface area contributed by atoms with Gasteiger partial charge in [-0.15, -0.1) is 6.42 Å². The van der Waals surface area contributed by atoms with Crippen LogP contribution in [0.4, 0.5) is 5.69 Å². The Labute approximate surface area is 143 Å². The van der Waals surface area contributed by atoms with Crippen molar-refractivity contribution in [1.82, 2.24) is 10.2 Å². The number of hydrogen-bond acceptors (Lipinski definition) is 3. The summed E-state index contributed by atoms with van der Waals surface area (Å²) in [6.45, 7) is 5.08. The van der Waals surface area contributed by atoms with Crippen molar-refractivity contribution in [2.24, 2.45) is 10.7 Å². The molecule has 1 saturated heterocycles. The smallest absolute Gasteiger partial charge is 0.246 e. The van der Waals surface area contributed by atoms with E-state index in [9.17, 15) is 4.79 Å². The number of likely N-dealkylation sites (N-methyl/N-ethyl adjacent to an activating group) is 1. The first-order valence-corrected chi connectivity index (χ1v) is 8.26. The summed E-state index contributed by atoms with van der Waals surface area (Å²) in [5.41, 5.74) is 7.21. The number of carbonyl (C=O) groups excluding carboxylic acids is 1. The molecule has 1 fully saturated rings. The zero-order chi connectivity index (χ0) is 17.4. The molecule has 24 heavy (non-hydrogen) atoms. The number of benzene rings is 1. The Balaban J connectivity index is 1.77. The standard InChI is InChI=1S/C18H25N5O/c1-3-14-7-5-8-15(11-14)22-17(24)13-21-18(19)20-12-16-9-6-10-23(16)4-2/h1,5,7-8,11,16H,4,6,9-10,12-13H2,2H3,(H,22,24)(H3,19,20,21). The normalized spacial score (nSPS) is 18.2. The molecule has 1 aliphatic heterocycles. The Kier molecular flexibility index (Phi) is 6.64. The molecule has 1 aromatic rings. The predicted molar refractivity (Wildman–Crippen MR) is 97.8 cm³/mol. The van der Waals surface area contributed by atoms with E-state index < -0.39 is 0 Å². The van der Waals surface area contributed by atoms with Crippen LogP contribution in [0.1, 0.15) is 25.3 Å². The molecule has 4 N–H and O–H groups in total. The number of rotatable bonds is 6. The van der Waals surface area contributed by atoms with Crippen molar-refractivity contribution < 1.29 is 4.79 Å². The first-order chi connectivity index (χ1) is 11.6. The van der Waals surface area contributed by atoms with Gasteiger partial charge >= 0.3 is 0 Å². The van der Waals surface area contributed by atoms with Crippen molar-refractivity contribution in [2.45, 2.75) is 25.8 Å². The number of nitrogens with zero attached hydrogens (tertiary/aromatic N) is 2. The zero-order valence-corrected chi connectivity index (χ0v) is 14.1. The number of nitrogens with one attached hydrogen (secondary N) is 2. The third kappa shape index (κ3) is 5.28. The van der Waals surface area contributed by atoms with Crippen molar-refractivity contribution in [3.63, 3.8) is 0 Å². The van der Waals surface area contributed by atoms with Gasteiger partial charge in [0, 0.05) is 23.8 Å². The van der Waals surface area contributed by atoms with Gasteiger partial charge in [-0.3, -0.25) is 9.69 Å². The maximum Gasteiger partial charge on any atom is 0.246 e. The lowest BCUT2D eigenvalue weighted by Crippen LogP contribution is -2.43. The monoisotopic (exact) mass is 327 g/mol. The summed E-state index contributed by atoms with van der Waals surface area (Å²) >= 11 is 0. The molecule has 1 aliphatic rings. The van der Waals surface area contributed by atoms with E-state index in [2.05, 4.69) is 33.4 Å². The number of aliphatic imine (C=N–C) groups is 1. The minimum atomic E-state index is -0.232. The van der Waals surface area contributed by atoms with Crippen LogP contribution in [0, 0.1) is 12.3 Å². The minimum Gasteiger partial charge on any atom is -0.370 e. The third-order valence-electron chi connectivity index (χ3n) is 4.13. The fourth-order valence-corrected chi connectivity index (χ4v) is 2.87. The second-order valence-electron chi connectivity index (χ2n) is 5.78. The maximum absolute atomic E-state index is 11.9. The fraction of sp³-hybridized carbons (Fsp3) is 0.444. The fourth-order valence-electron chi connectivity index (χ4n) is 2.87. The van der Waals surface area contributed by atoms with Gasteiger partial charge in [0.25, 0.3) is 0 Å². The number of likely N-dealkylation sites (tertiary alicyclic amines) is 1. The second kappa shape index (κ2) is 8.94. The van der Waals surface area contributed by atoms with Gasteiger partial charge in [0.1, 0.15) is 6.54 Å². The first kappa shape index (κ1) is 17.8. The zero-order valence-electron chi connectivity index (χ0n) is 14.1. The predicted octanol–water partition coefficient (Wildman–Crippen LogP) is 0.995. The van der Waals surface area contributed by atoms with Gasteiger partial charge in [0.05, 0.1) is 0 Å². The number of guanidine groups is 1. The van der Waals surface area contributed by atoms with Crippen LogP contribution >= 0.6 is 0 Å². The molecule has 0 aliphatic carbocycles. The number of hydrogen-bond donors (Lipinski definition) is 3. The topological polar surface area (TPSA) is 82.8 Å². The van der Waals surface area contributed by atoms with Crippen molar-refractivity contribution in [1.29, 1.82) is 0 Å². The number of nitrogens with two attached hydrogens (primary N) is 1. The molecule has 1 unspecified atom stereocenters. The quantitative estimate of drug-likeness (QED) is 0.413. The van der Waals surface area contributed by atoms with Crippen LogP contribution in [0.2, 0.25) is 0 Å². The van der Waals surface area contributed by atoms with Crippen LogP contribution in [0.5, 0.6) is 0 Å². The Bertz CT molecular complexity index is 635. The summed E-state index contributed by atoms with van der Waals surface area (Å²) in [5, 5.41) is 5.86. The highest BCUT2D eigenvalue weighted by Crippen LogP contribution is 2.15. The highest BCUT2D eigenvalue weighted by molar-refractivity contribution is 5.94. The summed E-state index contributed by atoms with van der Waals surface area (Å²) in [7, 11) is 0. The Morgan fingerprint density at radius 1 is 1.54 bits per heavy atom. The van der Waals surface area contributed by atoms with E-state index >= 15 is 0 Å². The van der Waals surface area contributed by atoms with Crippen LogP contribution in [0.15, 0.2) is 29.3 Å². The van der Waals surface area contributed by atoms with E-state index in [0.29, 0.717) is 17.7 Å². The Hall–Kier alpha value is -2.52. The van der Waals surface area contributed by atoms with E-state index in [0.717, 1.165) is 25.2 Å². The van der Waals surface area contributed by atoms with Crippen LogP contribution in [-0.2, 0) is 4.79 Å². The molecule has 1 atom stereocenters. The Morgan fingerprint density at radius 2 is 2.38 bits per heavy atom. The number of amides is 1. The highest BCUT2D eigenvalue weighted by Gasteiger charge is 2.22. The first-order valence-electron chi connectivity index (χ1n) is 8.26. The summed E-state index contributed by atoms with van der Waals surface area (Å²) in [6, 6.07) is 7.61. The summed E-state index contributed by atoms with van der Waals surface area (Å²) in [6.07, 6.45) is 7.73. The van der Waals surface area contributed by atoms with Gasteiger partial charge in [-0.1, -0.05) is 18.9 Å². The molecule has 128 valence electrons. The van der Waals surface area contributed by atoms with Gasteiger partial charge < -0.3 is 16.4 Å². The molecule has 1 aromatic carbocycles. The molecule has 6 nitrogen and oxygen atoms in total. The van der Waals surface area contributed by atoms with Gasteiger partial charge in [-0.25, -0.2) is 4.99 Å². The van der Waals surface area contributed by atoms with Crippen LogP contribution in [0.25, 0.3) is 0 Å². The van der Waals surface area contributed by atoms with Gasteiger partial charge in [0.15, 0.2) is 5.96 Å². The SMILES string of the molecule is C#Cc1cccc(NC(=O)CN=C(N)NCC2CCCN2CC)c1. The lowest BCUT2D eigenvalue weighted by atomic mass is 10.2. The molecule has 0 bridgehead atoms. The molecule has 2 rings (SSSR count). The maximum atomic E-state index is 11.9. The van der Waals surface area contributed by atoms with Gasteiger partial charge in [0.2, 0.25) is 5.91 Å². The van der Waals surface area contributed by atoms with E-state index in [-0.39, 0.29) is 12.5 Å². The minimum absolute atomic E-state index is 0.0265. The summed E-state index contributed by atoms with van der Waals surface area (Å²) in [5.74, 6) is 2.59. The molecule has 6 heteroatoms. The average molecular weight is 327 g/mol. The highest BCUT2D eigenvalue weighted by atomic mass is 16.1. The average Bonchev–Trinajstić information content (AvgIpc) is 3.06. The number of terminal acetylenes is 1. The van der Waals surface area contributed by atoms with E-state index in [4.69, 9.17) is 12.2 Å². The van der Waals surface area contributed by atoms with Crippen LogP contribution in [0.3, 0.4) is 0 Å². The van der Waals surface area contributed by atoms with Crippen molar-refractivity contribution in [3.8, 4) is 12.3 Å². The molecular weight excluding hydrogens is 302 g/mol. The summed E-state index contributed by atoms with van der Waals surface area (Å²) < 4.78 is 0. The van der Waals surface area contributed by atoms with Crippen LogP contribution in [-0.4, -0.2) is 49.0 Å². The molecule has 0 spiro atoms.